The van der Waals surface area contributed by atoms with E-state index >= 15 is 0 Å². The van der Waals surface area contributed by atoms with Crippen LogP contribution in [0.25, 0.3) is 0 Å². The minimum atomic E-state index is -3.49. The van der Waals surface area contributed by atoms with E-state index in [9.17, 15) is 8.42 Å². The van der Waals surface area contributed by atoms with Crippen LogP contribution in [0.4, 0.5) is 0 Å². The van der Waals surface area contributed by atoms with Crippen molar-refractivity contribution in [3.63, 3.8) is 0 Å². The molecule has 1 aromatic carbocycles. The van der Waals surface area contributed by atoms with E-state index in [0.717, 1.165) is 25.2 Å². The predicted octanol–water partition coefficient (Wildman–Crippen LogP) is 2.50. The molecule has 0 radical (unpaired) electrons. The second-order valence-electron chi connectivity index (χ2n) is 8.46. The number of nitrogens with zero attached hydrogens (tertiary/aromatic N) is 3. The van der Waals surface area contributed by atoms with Crippen LogP contribution in [0.3, 0.4) is 0 Å². The Morgan fingerprint density at radius 2 is 1.73 bits per heavy atom. The monoisotopic (exact) mass is 437 g/mol. The zero-order valence-corrected chi connectivity index (χ0v) is 20.0. The maximum Gasteiger partial charge on any atom is 0.242 e. The van der Waals surface area contributed by atoms with Crippen molar-refractivity contribution in [2.24, 2.45) is 10.9 Å². The van der Waals surface area contributed by atoms with E-state index in [1.807, 2.05) is 12.1 Å². The molecule has 170 valence electrons. The second kappa shape index (κ2) is 11.7. The van der Waals surface area contributed by atoms with Crippen LogP contribution < -0.4 is 10.6 Å². The summed E-state index contributed by atoms with van der Waals surface area (Å²) in [5.74, 6) is 1.23. The minimum Gasteiger partial charge on any atom is -0.355 e. The van der Waals surface area contributed by atoms with E-state index in [1.165, 1.54) is 30.0 Å². The number of guanidine groups is 1. The molecule has 0 aromatic heterocycles. The highest BCUT2D eigenvalue weighted by Gasteiger charge is 2.23. The Morgan fingerprint density at radius 3 is 2.30 bits per heavy atom. The van der Waals surface area contributed by atoms with E-state index in [-0.39, 0.29) is 0 Å². The molecule has 2 N–H and O–H groups in total. The molecule has 1 fully saturated rings. The molecule has 1 heterocycles. The Morgan fingerprint density at radius 1 is 1.10 bits per heavy atom. The number of rotatable bonds is 8. The highest BCUT2D eigenvalue weighted by molar-refractivity contribution is 7.89. The van der Waals surface area contributed by atoms with Gasteiger partial charge in [-0.2, -0.15) is 0 Å². The quantitative estimate of drug-likeness (QED) is 0.483. The molecule has 0 amide bonds. The fraction of sp³-hybridized carbons (Fsp3) is 0.682. The van der Waals surface area contributed by atoms with Crippen LogP contribution in [-0.4, -0.2) is 70.4 Å². The zero-order valence-electron chi connectivity index (χ0n) is 19.2. The average molecular weight is 438 g/mol. The molecule has 8 heteroatoms. The predicted molar refractivity (Wildman–Crippen MR) is 124 cm³/mol. The van der Waals surface area contributed by atoms with Crippen molar-refractivity contribution in [3.8, 4) is 0 Å². The molecular formula is C22H39N5O2S. The maximum absolute atomic E-state index is 12.6. The van der Waals surface area contributed by atoms with Crippen LogP contribution in [0, 0.1) is 5.92 Å². The zero-order chi connectivity index (χ0) is 22.1. The van der Waals surface area contributed by atoms with E-state index in [2.05, 4.69) is 34.4 Å². The number of sulfonamides is 1. The first-order chi connectivity index (χ1) is 14.3. The van der Waals surface area contributed by atoms with Crippen molar-refractivity contribution < 1.29 is 8.42 Å². The lowest BCUT2D eigenvalue weighted by Crippen LogP contribution is -2.49. The summed E-state index contributed by atoms with van der Waals surface area (Å²) in [6.07, 6.45) is 5.20. The Kier molecular flexibility index (Phi) is 9.58. The van der Waals surface area contributed by atoms with Gasteiger partial charge in [-0.05, 0) is 43.5 Å². The third-order valence-corrected chi connectivity index (χ3v) is 7.67. The van der Waals surface area contributed by atoms with Crippen LogP contribution in [0.5, 0.6) is 0 Å². The van der Waals surface area contributed by atoms with Gasteiger partial charge in [-0.1, -0.05) is 44.9 Å². The summed E-state index contributed by atoms with van der Waals surface area (Å²) in [6.45, 7) is 8.07. The Balaban J connectivity index is 2.01. The number of hydrogen-bond donors (Lipinski definition) is 2. The first kappa shape index (κ1) is 24.6. The molecule has 7 nitrogen and oxygen atoms in total. The van der Waals surface area contributed by atoms with Crippen molar-refractivity contribution in [2.45, 2.75) is 57.0 Å². The van der Waals surface area contributed by atoms with Gasteiger partial charge in [-0.25, -0.2) is 12.7 Å². The van der Waals surface area contributed by atoms with Crippen molar-refractivity contribution in [3.05, 3.63) is 29.8 Å². The smallest absolute Gasteiger partial charge is 0.242 e. The summed E-state index contributed by atoms with van der Waals surface area (Å²) in [5, 5.41) is 6.74. The summed E-state index contributed by atoms with van der Waals surface area (Å²) in [5.41, 5.74) is 0.724. The molecule has 1 aromatic rings. The van der Waals surface area contributed by atoms with Crippen LogP contribution in [0.2, 0.25) is 0 Å². The lowest BCUT2D eigenvalue weighted by atomic mass is 10.0. The Labute approximate surface area is 183 Å². The average Bonchev–Trinajstić information content (AvgIpc) is 2.99. The standard InChI is InChI=1S/C22H39N5O2S/c1-18(2)20(27-14-10-6-7-11-15-27)17-25-22(23-3)24-16-19-12-8-9-13-21(19)30(28,29)26(4)5/h8-9,12-13,18,20H,6-7,10-11,14-17H2,1-5H3,(H2,23,24,25). The van der Waals surface area contributed by atoms with Crippen LogP contribution >= 0.6 is 0 Å². The highest BCUT2D eigenvalue weighted by Crippen LogP contribution is 2.19. The van der Waals surface area contributed by atoms with Gasteiger partial charge >= 0.3 is 0 Å². The fourth-order valence-electron chi connectivity index (χ4n) is 3.91. The topological polar surface area (TPSA) is 77.0 Å². The first-order valence-electron chi connectivity index (χ1n) is 11.0. The van der Waals surface area contributed by atoms with Crippen molar-refractivity contribution in [1.82, 2.24) is 19.8 Å². The molecular weight excluding hydrogens is 398 g/mol. The molecule has 1 aliphatic rings. The van der Waals surface area contributed by atoms with Gasteiger partial charge in [-0.3, -0.25) is 9.89 Å². The second-order valence-corrected chi connectivity index (χ2v) is 10.6. The number of benzene rings is 1. The molecule has 1 aliphatic heterocycles. The molecule has 1 unspecified atom stereocenters. The lowest BCUT2D eigenvalue weighted by molar-refractivity contribution is 0.161. The van der Waals surface area contributed by atoms with E-state index in [4.69, 9.17) is 0 Å². The molecule has 0 saturated carbocycles. The summed E-state index contributed by atoms with van der Waals surface area (Å²) in [6, 6.07) is 7.54. The van der Waals surface area contributed by atoms with Gasteiger partial charge in [0.1, 0.15) is 0 Å². The van der Waals surface area contributed by atoms with Gasteiger partial charge in [-0.15, -0.1) is 0 Å². The SMILES string of the molecule is CN=C(NCc1ccccc1S(=O)(=O)N(C)C)NCC(C(C)C)N1CCCCCC1. The molecule has 30 heavy (non-hydrogen) atoms. The lowest BCUT2D eigenvalue weighted by Gasteiger charge is -2.34. The molecule has 2 rings (SSSR count). The van der Waals surface area contributed by atoms with Gasteiger partial charge in [0.05, 0.1) is 4.90 Å². The minimum absolute atomic E-state index is 0.322. The van der Waals surface area contributed by atoms with Gasteiger partial charge < -0.3 is 10.6 Å². The fourth-order valence-corrected chi connectivity index (χ4v) is 5.03. The van der Waals surface area contributed by atoms with Crippen molar-refractivity contribution >= 4 is 16.0 Å². The molecule has 0 aliphatic carbocycles. The van der Waals surface area contributed by atoms with Crippen LogP contribution in [0.15, 0.2) is 34.2 Å². The molecule has 1 atom stereocenters. The Hall–Kier alpha value is -1.64. The van der Waals surface area contributed by atoms with Crippen LogP contribution in [-0.2, 0) is 16.6 Å². The third-order valence-electron chi connectivity index (χ3n) is 5.76. The summed E-state index contributed by atoms with van der Waals surface area (Å²) < 4.78 is 26.5. The van der Waals surface area contributed by atoms with Crippen molar-refractivity contribution in [1.29, 1.82) is 0 Å². The normalized spacial score (nSPS) is 17.8. The molecule has 1 saturated heterocycles. The van der Waals surface area contributed by atoms with Gasteiger partial charge in [0.25, 0.3) is 0 Å². The van der Waals surface area contributed by atoms with Crippen molar-refractivity contribution in [2.75, 3.05) is 40.8 Å². The van der Waals surface area contributed by atoms with Gasteiger partial charge in [0.15, 0.2) is 5.96 Å². The van der Waals surface area contributed by atoms with Gasteiger partial charge in [0.2, 0.25) is 10.0 Å². The van der Waals surface area contributed by atoms with Crippen LogP contribution in [0.1, 0.15) is 45.1 Å². The summed E-state index contributed by atoms with van der Waals surface area (Å²) in [4.78, 5) is 7.27. The number of aliphatic imine (C=N–C) groups is 1. The third kappa shape index (κ3) is 6.68. The number of nitrogens with one attached hydrogen (secondary N) is 2. The van der Waals surface area contributed by atoms with E-state index in [0.29, 0.717) is 29.4 Å². The molecule has 0 spiro atoms. The summed E-state index contributed by atoms with van der Waals surface area (Å²) >= 11 is 0. The van der Waals surface area contributed by atoms with E-state index in [1.54, 1.807) is 33.3 Å². The first-order valence-corrected chi connectivity index (χ1v) is 12.4. The Bertz CT molecular complexity index is 784. The largest absolute Gasteiger partial charge is 0.355 e. The van der Waals surface area contributed by atoms with E-state index < -0.39 is 10.0 Å². The number of likely N-dealkylation sites (tertiary alicyclic amines) is 1. The van der Waals surface area contributed by atoms with Gasteiger partial charge in [0, 0.05) is 40.3 Å². The highest BCUT2D eigenvalue weighted by atomic mass is 32.2. The maximum atomic E-state index is 12.6. The number of hydrogen-bond acceptors (Lipinski definition) is 4. The summed E-state index contributed by atoms with van der Waals surface area (Å²) in [7, 11) is 1.35. The molecule has 0 bridgehead atoms.